The number of aromatic hydroxyl groups is 2. The fraction of sp³-hybridized carbons (Fsp3) is 0.500. The molecule has 2 saturated heterocycles. The minimum Gasteiger partial charge on any atom is -0.504 e. The molecular weight excluding hydrogens is 632 g/mol. The highest BCUT2D eigenvalue weighted by Crippen LogP contribution is 2.45. The van der Waals surface area contributed by atoms with Gasteiger partial charge in [0.1, 0.15) is 47.6 Å². The topological polar surface area (TPSA) is 257 Å². The minimum absolute atomic E-state index is 0.0667. The van der Waals surface area contributed by atoms with Gasteiger partial charge in [-0.1, -0.05) is 0 Å². The molecule has 2 aromatic carbocycles. The van der Waals surface area contributed by atoms with Gasteiger partial charge in [-0.25, -0.2) is 0 Å². The lowest BCUT2D eigenvalue weighted by Gasteiger charge is -2.45. The van der Waals surface area contributed by atoms with Gasteiger partial charge >= 0.3 is 0 Å². The fourth-order valence-electron chi connectivity index (χ4n) is 5.46. The second-order valence-corrected chi connectivity index (χ2v) is 10.9. The molecule has 0 saturated carbocycles. The van der Waals surface area contributed by atoms with Crippen molar-refractivity contribution in [3.63, 3.8) is 0 Å². The largest absolute Gasteiger partial charge is 0.504 e. The summed E-state index contributed by atoms with van der Waals surface area (Å²) in [6, 6.07) is 5.29. The predicted octanol–water partition coefficient (Wildman–Crippen LogP) is -1.07. The van der Waals surface area contributed by atoms with Crippen molar-refractivity contribution in [2.45, 2.75) is 68.3 Å². The molecule has 0 spiro atoms. The summed E-state index contributed by atoms with van der Waals surface area (Å²) in [5.74, 6) is -1.96. The van der Waals surface area contributed by atoms with Crippen LogP contribution in [0.2, 0.25) is 0 Å². The lowest BCUT2D eigenvalue weighted by atomic mass is 9.97. The quantitative estimate of drug-likeness (QED) is 0.135. The van der Waals surface area contributed by atoms with Gasteiger partial charge in [0.2, 0.25) is 23.2 Å². The van der Waals surface area contributed by atoms with E-state index >= 15 is 0 Å². The SMILES string of the molecule is COc1cc(-c2oc3cc(O[C@H]4O[C@H](CO)[C@@H](O)[C@H](O)[C@@H]4O[C@@H]4O[C@H](C)[C@H](O)[C@H](O)[C@H]4O)c(OC)c(O)c3c(=O)c2OC)ccc1O. The standard InChI is InChI=1S/C30H36O17/c1-10-18(33)22(37)24(39)29(43-10)47-28-23(38)19(34)16(9-31)46-30(28)45-15-8-14-17(20(35)26(15)41-3)21(36)27(42-4)25(44-14)11-5-6-12(32)13(7-11)40-2/h5-8,10,16,18-19,22-24,28-35,37-39H,9H2,1-4H3/t10-,16-,18+,19-,22+,23+,24-,28+,29+,30+/m1/s1. The highest BCUT2D eigenvalue weighted by Gasteiger charge is 2.51. The minimum atomic E-state index is -1.83. The molecule has 2 aliphatic heterocycles. The van der Waals surface area contributed by atoms with E-state index in [2.05, 4.69) is 0 Å². The van der Waals surface area contributed by atoms with Gasteiger partial charge in [0, 0.05) is 11.6 Å². The Kier molecular flexibility index (Phi) is 10.0. The Morgan fingerprint density at radius 1 is 0.787 bits per heavy atom. The van der Waals surface area contributed by atoms with Crippen molar-refractivity contribution in [3.05, 3.63) is 34.5 Å². The van der Waals surface area contributed by atoms with E-state index < -0.39 is 84.9 Å². The predicted molar refractivity (Wildman–Crippen MR) is 157 cm³/mol. The third-order valence-electron chi connectivity index (χ3n) is 8.05. The van der Waals surface area contributed by atoms with Gasteiger partial charge < -0.3 is 78.4 Å². The molecule has 5 rings (SSSR count). The summed E-state index contributed by atoms with van der Waals surface area (Å²) < 4.78 is 44.7. The molecule has 2 fully saturated rings. The van der Waals surface area contributed by atoms with Crippen molar-refractivity contribution in [1.82, 2.24) is 0 Å². The molecule has 0 amide bonds. The van der Waals surface area contributed by atoms with Crippen LogP contribution in [0.4, 0.5) is 0 Å². The number of phenols is 2. The molecular formula is C30H36O17. The second-order valence-electron chi connectivity index (χ2n) is 10.9. The smallest absolute Gasteiger partial charge is 0.239 e. The molecule has 0 unspecified atom stereocenters. The number of hydrogen-bond acceptors (Lipinski definition) is 17. The van der Waals surface area contributed by atoms with E-state index in [0.29, 0.717) is 0 Å². The Morgan fingerprint density at radius 3 is 2.13 bits per heavy atom. The van der Waals surface area contributed by atoms with Crippen LogP contribution in [0.5, 0.6) is 34.5 Å². The molecule has 10 atom stereocenters. The number of hydrogen-bond donors (Lipinski definition) is 8. The number of benzene rings is 2. The molecule has 2 aliphatic rings. The Labute approximate surface area is 266 Å². The van der Waals surface area contributed by atoms with Crippen LogP contribution >= 0.6 is 0 Å². The van der Waals surface area contributed by atoms with E-state index in [-0.39, 0.29) is 45.3 Å². The summed E-state index contributed by atoms with van der Waals surface area (Å²) in [5, 5.41) is 83.0. The third-order valence-corrected chi connectivity index (χ3v) is 8.05. The molecule has 3 aromatic rings. The zero-order valence-electron chi connectivity index (χ0n) is 25.5. The summed E-state index contributed by atoms with van der Waals surface area (Å²) >= 11 is 0. The van der Waals surface area contributed by atoms with E-state index in [1.54, 1.807) is 0 Å². The van der Waals surface area contributed by atoms with Crippen molar-refractivity contribution < 1.29 is 78.4 Å². The van der Waals surface area contributed by atoms with E-state index in [9.17, 15) is 45.6 Å². The van der Waals surface area contributed by atoms with Crippen LogP contribution in [-0.4, -0.2) is 130 Å². The Morgan fingerprint density at radius 2 is 1.49 bits per heavy atom. The molecule has 8 N–H and O–H groups in total. The van der Waals surface area contributed by atoms with Gasteiger partial charge in [-0.3, -0.25) is 4.79 Å². The van der Waals surface area contributed by atoms with Gasteiger partial charge in [-0.15, -0.1) is 0 Å². The number of phenolic OH excluding ortho intramolecular Hbond substituents is 2. The lowest BCUT2D eigenvalue weighted by Crippen LogP contribution is -2.64. The van der Waals surface area contributed by atoms with Gasteiger partial charge in [0.15, 0.2) is 41.2 Å². The van der Waals surface area contributed by atoms with Crippen molar-refractivity contribution in [2.75, 3.05) is 27.9 Å². The van der Waals surface area contributed by atoms with E-state index in [0.717, 1.165) is 13.2 Å². The van der Waals surface area contributed by atoms with Crippen molar-refractivity contribution in [2.24, 2.45) is 0 Å². The van der Waals surface area contributed by atoms with Crippen molar-refractivity contribution in [1.29, 1.82) is 0 Å². The average molecular weight is 669 g/mol. The first-order valence-corrected chi connectivity index (χ1v) is 14.3. The summed E-state index contributed by atoms with van der Waals surface area (Å²) in [6.07, 6.45) is -16.0. The second kappa shape index (κ2) is 13.7. The highest BCUT2D eigenvalue weighted by atomic mass is 16.8. The molecule has 17 nitrogen and oxygen atoms in total. The van der Waals surface area contributed by atoms with Gasteiger partial charge in [0.05, 0.1) is 34.0 Å². The van der Waals surface area contributed by atoms with Crippen LogP contribution in [0.15, 0.2) is 33.5 Å². The molecule has 0 bridgehead atoms. The summed E-state index contributed by atoms with van der Waals surface area (Å²) in [5.41, 5.74) is -0.783. The van der Waals surface area contributed by atoms with E-state index in [1.165, 1.54) is 39.3 Å². The maximum atomic E-state index is 13.6. The average Bonchev–Trinajstić information content (AvgIpc) is 3.05. The first-order valence-electron chi connectivity index (χ1n) is 14.3. The first kappa shape index (κ1) is 34.4. The molecule has 0 aliphatic carbocycles. The molecule has 258 valence electrons. The van der Waals surface area contributed by atoms with E-state index in [4.69, 9.17) is 37.6 Å². The van der Waals surface area contributed by atoms with Crippen LogP contribution < -0.4 is 24.4 Å². The Balaban J connectivity index is 1.59. The van der Waals surface area contributed by atoms with Crippen molar-refractivity contribution >= 4 is 11.0 Å². The summed E-state index contributed by atoms with van der Waals surface area (Å²) in [4.78, 5) is 13.6. The fourth-order valence-corrected chi connectivity index (χ4v) is 5.46. The molecule has 1 aromatic heterocycles. The number of aliphatic hydroxyl groups is 6. The van der Waals surface area contributed by atoms with Crippen LogP contribution in [0, 0.1) is 0 Å². The van der Waals surface area contributed by atoms with Gasteiger partial charge in [-0.05, 0) is 25.1 Å². The Hall–Kier alpha value is -3.91. The maximum absolute atomic E-state index is 13.6. The number of rotatable bonds is 9. The van der Waals surface area contributed by atoms with Crippen molar-refractivity contribution in [3.8, 4) is 45.8 Å². The van der Waals surface area contributed by atoms with Crippen LogP contribution in [0.25, 0.3) is 22.3 Å². The highest BCUT2D eigenvalue weighted by molar-refractivity contribution is 5.91. The van der Waals surface area contributed by atoms with Gasteiger partial charge in [-0.2, -0.15) is 0 Å². The monoisotopic (exact) mass is 668 g/mol. The number of methoxy groups -OCH3 is 3. The number of ether oxygens (including phenoxy) is 7. The van der Waals surface area contributed by atoms with Crippen LogP contribution in [0.3, 0.4) is 0 Å². The molecule has 0 radical (unpaired) electrons. The zero-order chi connectivity index (χ0) is 34.3. The normalized spacial score (nSPS) is 31.0. The molecule has 47 heavy (non-hydrogen) atoms. The van der Waals surface area contributed by atoms with Crippen LogP contribution in [0.1, 0.15) is 6.92 Å². The van der Waals surface area contributed by atoms with E-state index in [1.807, 2.05) is 0 Å². The maximum Gasteiger partial charge on any atom is 0.239 e. The zero-order valence-corrected chi connectivity index (χ0v) is 25.5. The third kappa shape index (κ3) is 6.13. The Bertz CT molecular complexity index is 1640. The summed E-state index contributed by atoms with van der Waals surface area (Å²) in [6.45, 7) is 0.631. The first-order chi connectivity index (χ1) is 22.4. The molecule has 3 heterocycles. The lowest BCUT2D eigenvalue weighted by molar-refractivity contribution is -0.354. The number of aliphatic hydroxyl groups excluding tert-OH is 6. The summed E-state index contributed by atoms with van der Waals surface area (Å²) in [7, 11) is 3.71. The number of fused-ring (bicyclic) bond motifs is 1. The molecule has 17 heteroatoms. The van der Waals surface area contributed by atoms with Crippen LogP contribution in [-0.2, 0) is 14.2 Å². The van der Waals surface area contributed by atoms with Gasteiger partial charge in [0.25, 0.3) is 0 Å².